The highest BCUT2D eigenvalue weighted by Gasteiger charge is 2.21. The van der Waals surface area contributed by atoms with Crippen LogP contribution in [0.1, 0.15) is 11.3 Å². The number of aryl methyl sites for hydroxylation is 2. The number of aromatic nitrogens is 2. The van der Waals surface area contributed by atoms with E-state index in [0.29, 0.717) is 18.9 Å². The normalized spacial score (nSPS) is 14.1. The molecule has 2 heterocycles. The zero-order chi connectivity index (χ0) is 19.2. The smallest absolute Gasteiger partial charge is 0.323 e. The molecule has 0 atom stereocenters. The SMILES string of the molecule is O=C(Nc1cc(CCc2ccccc2)n[nH]1)N1CCN(c2ccccc2)CC1. The molecule has 2 amide bonds. The average Bonchev–Trinajstić information content (AvgIpc) is 3.21. The lowest BCUT2D eigenvalue weighted by Gasteiger charge is -2.35. The Balaban J connectivity index is 1.26. The first-order chi connectivity index (χ1) is 13.8. The van der Waals surface area contributed by atoms with Crippen molar-refractivity contribution in [2.45, 2.75) is 12.8 Å². The number of piperazine rings is 1. The lowest BCUT2D eigenvalue weighted by atomic mass is 10.1. The molecule has 2 aromatic carbocycles. The maximum Gasteiger partial charge on any atom is 0.323 e. The Hall–Kier alpha value is -3.28. The molecule has 2 N–H and O–H groups in total. The summed E-state index contributed by atoms with van der Waals surface area (Å²) in [6.07, 6.45) is 1.77. The van der Waals surface area contributed by atoms with Crippen LogP contribution in [0.4, 0.5) is 16.3 Å². The van der Waals surface area contributed by atoms with Crippen LogP contribution >= 0.6 is 0 Å². The predicted octanol–water partition coefficient (Wildman–Crippen LogP) is 3.55. The molecule has 1 aromatic heterocycles. The van der Waals surface area contributed by atoms with Crippen molar-refractivity contribution in [2.75, 3.05) is 36.4 Å². The number of rotatable bonds is 5. The van der Waals surface area contributed by atoms with E-state index in [4.69, 9.17) is 0 Å². The number of para-hydroxylation sites is 1. The Morgan fingerprint density at radius 3 is 2.32 bits per heavy atom. The fraction of sp³-hybridized carbons (Fsp3) is 0.273. The van der Waals surface area contributed by atoms with Crippen molar-refractivity contribution in [3.05, 3.63) is 78.0 Å². The molecule has 4 rings (SSSR count). The zero-order valence-corrected chi connectivity index (χ0v) is 15.8. The fourth-order valence-corrected chi connectivity index (χ4v) is 3.47. The second kappa shape index (κ2) is 8.61. The van der Waals surface area contributed by atoms with Gasteiger partial charge in [0.05, 0.1) is 5.69 Å². The van der Waals surface area contributed by atoms with Gasteiger partial charge < -0.3 is 9.80 Å². The quantitative estimate of drug-likeness (QED) is 0.717. The summed E-state index contributed by atoms with van der Waals surface area (Å²) in [5, 5.41) is 10.2. The molecule has 28 heavy (non-hydrogen) atoms. The standard InChI is InChI=1S/C22H25N5O/c28-22(27-15-13-26(14-16-27)20-9-5-2-6-10-20)23-21-17-19(24-25-21)12-11-18-7-3-1-4-8-18/h1-10,17H,11-16H2,(H2,23,24,25,28). The number of hydrogen-bond acceptors (Lipinski definition) is 3. The van der Waals surface area contributed by atoms with Crippen LogP contribution in [-0.2, 0) is 12.8 Å². The third-order valence-electron chi connectivity index (χ3n) is 5.07. The second-order valence-corrected chi connectivity index (χ2v) is 7.00. The molecule has 1 saturated heterocycles. The average molecular weight is 375 g/mol. The molecule has 144 valence electrons. The van der Waals surface area contributed by atoms with E-state index in [1.54, 1.807) is 0 Å². The summed E-state index contributed by atoms with van der Waals surface area (Å²) >= 11 is 0. The Labute approximate surface area is 165 Å². The summed E-state index contributed by atoms with van der Waals surface area (Å²) in [6.45, 7) is 3.08. The first-order valence-electron chi connectivity index (χ1n) is 9.72. The van der Waals surface area contributed by atoms with Crippen molar-refractivity contribution in [3.63, 3.8) is 0 Å². The molecule has 0 spiro atoms. The summed E-state index contributed by atoms with van der Waals surface area (Å²) in [6, 6.07) is 22.5. The van der Waals surface area contributed by atoms with Gasteiger partial charge in [-0.05, 0) is 30.5 Å². The topological polar surface area (TPSA) is 64.3 Å². The lowest BCUT2D eigenvalue weighted by Crippen LogP contribution is -2.50. The predicted molar refractivity (Wildman–Crippen MR) is 112 cm³/mol. The third-order valence-corrected chi connectivity index (χ3v) is 5.07. The van der Waals surface area contributed by atoms with Crippen LogP contribution in [0.3, 0.4) is 0 Å². The molecule has 0 radical (unpaired) electrons. The number of amides is 2. The molecule has 6 heteroatoms. The van der Waals surface area contributed by atoms with Crippen LogP contribution in [-0.4, -0.2) is 47.3 Å². The molecule has 0 saturated carbocycles. The number of carbonyl (C=O) groups is 1. The van der Waals surface area contributed by atoms with Crippen molar-refractivity contribution in [2.24, 2.45) is 0 Å². The zero-order valence-electron chi connectivity index (χ0n) is 15.8. The van der Waals surface area contributed by atoms with Crippen LogP contribution in [0.5, 0.6) is 0 Å². The minimum absolute atomic E-state index is 0.0778. The van der Waals surface area contributed by atoms with Gasteiger partial charge in [-0.1, -0.05) is 48.5 Å². The number of benzene rings is 2. The highest BCUT2D eigenvalue weighted by atomic mass is 16.2. The van der Waals surface area contributed by atoms with Gasteiger partial charge in [-0.2, -0.15) is 5.10 Å². The highest BCUT2D eigenvalue weighted by molar-refractivity contribution is 5.88. The van der Waals surface area contributed by atoms with Gasteiger partial charge in [0.2, 0.25) is 0 Å². The minimum Gasteiger partial charge on any atom is -0.368 e. The fourth-order valence-electron chi connectivity index (χ4n) is 3.47. The minimum atomic E-state index is -0.0778. The van der Waals surface area contributed by atoms with E-state index in [2.05, 4.69) is 44.7 Å². The van der Waals surface area contributed by atoms with Crippen molar-refractivity contribution in [1.82, 2.24) is 15.1 Å². The molecular weight excluding hydrogens is 350 g/mol. The number of urea groups is 1. The van der Waals surface area contributed by atoms with Gasteiger partial charge in [-0.25, -0.2) is 4.79 Å². The van der Waals surface area contributed by atoms with E-state index >= 15 is 0 Å². The Kier molecular flexibility index (Phi) is 5.56. The molecular formula is C22H25N5O. The van der Waals surface area contributed by atoms with Crippen LogP contribution in [0, 0.1) is 0 Å². The van der Waals surface area contributed by atoms with Gasteiger partial charge in [0.15, 0.2) is 0 Å². The van der Waals surface area contributed by atoms with Crippen LogP contribution in [0.25, 0.3) is 0 Å². The largest absolute Gasteiger partial charge is 0.368 e. The van der Waals surface area contributed by atoms with Gasteiger partial charge in [0.25, 0.3) is 0 Å². The maximum absolute atomic E-state index is 12.5. The summed E-state index contributed by atoms with van der Waals surface area (Å²) < 4.78 is 0. The lowest BCUT2D eigenvalue weighted by molar-refractivity contribution is 0.208. The van der Waals surface area contributed by atoms with Gasteiger partial charge >= 0.3 is 6.03 Å². The molecule has 0 bridgehead atoms. The summed E-state index contributed by atoms with van der Waals surface area (Å²) in [4.78, 5) is 16.7. The Morgan fingerprint density at radius 2 is 1.61 bits per heavy atom. The second-order valence-electron chi connectivity index (χ2n) is 7.00. The third kappa shape index (κ3) is 4.52. The van der Waals surface area contributed by atoms with E-state index in [-0.39, 0.29) is 6.03 Å². The molecule has 1 aliphatic rings. The van der Waals surface area contributed by atoms with Crippen LogP contribution in [0.15, 0.2) is 66.7 Å². The first kappa shape index (κ1) is 18.1. The summed E-state index contributed by atoms with van der Waals surface area (Å²) in [5.74, 6) is 0.651. The van der Waals surface area contributed by atoms with Gasteiger partial charge in [0.1, 0.15) is 5.82 Å². The number of nitrogens with zero attached hydrogens (tertiary/aromatic N) is 3. The van der Waals surface area contributed by atoms with Crippen molar-refractivity contribution in [3.8, 4) is 0 Å². The molecule has 1 fully saturated rings. The molecule has 0 unspecified atom stereocenters. The number of carbonyl (C=O) groups excluding carboxylic acids is 1. The monoisotopic (exact) mass is 375 g/mol. The van der Waals surface area contributed by atoms with Gasteiger partial charge in [-0.15, -0.1) is 0 Å². The van der Waals surface area contributed by atoms with Crippen molar-refractivity contribution < 1.29 is 4.79 Å². The van der Waals surface area contributed by atoms with Crippen LogP contribution < -0.4 is 10.2 Å². The molecule has 0 aliphatic carbocycles. The Morgan fingerprint density at radius 1 is 0.929 bits per heavy atom. The van der Waals surface area contributed by atoms with Crippen molar-refractivity contribution >= 4 is 17.5 Å². The highest BCUT2D eigenvalue weighted by Crippen LogP contribution is 2.16. The van der Waals surface area contributed by atoms with Gasteiger partial charge in [-0.3, -0.25) is 10.4 Å². The van der Waals surface area contributed by atoms with Crippen LogP contribution in [0.2, 0.25) is 0 Å². The number of hydrogen-bond donors (Lipinski definition) is 2. The molecule has 1 aliphatic heterocycles. The van der Waals surface area contributed by atoms with E-state index in [9.17, 15) is 4.79 Å². The van der Waals surface area contributed by atoms with E-state index in [1.807, 2.05) is 47.4 Å². The summed E-state index contributed by atoms with van der Waals surface area (Å²) in [5.41, 5.74) is 3.44. The number of aromatic amines is 1. The first-order valence-corrected chi connectivity index (χ1v) is 9.72. The van der Waals surface area contributed by atoms with E-state index in [0.717, 1.165) is 31.6 Å². The van der Waals surface area contributed by atoms with Crippen molar-refractivity contribution in [1.29, 1.82) is 0 Å². The molecule has 6 nitrogen and oxygen atoms in total. The Bertz CT molecular complexity index is 886. The number of anilines is 2. The molecule has 3 aromatic rings. The maximum atomic E-state index is 12.5. The van der Waals surface area contributed by atoms with E-state index in [1.165, 1.54) is 11.3 Å². The van der Waals surface area contributed by atoms with E-state index < -0.39 is 0 Å². The summed E-state index contributed by atoms with van der Waals surface area (Å²) in [7, 11) is 0. The number of nitrogens with one attached hydrogen (secondary N) is 2. The van der Waals surface area contributed by atoms with Gasteiger partial charge in [0, 0.05) is 37.9 Å². The number of H-pyrrole nitrogens is 1.